The van der Waals surface area contributed by atoms with E-state index in [1.54, 1.807) is 12.1 Å². The van der Waals surface area contributed by atoms with E-state index in [0.717, 1.165) is 23.7 Å². The molecule has 1 aliphatic carbocycles. The van der Waals surface area contributed by atoms with Crippen LogP contribution in [0.5, 0.6) is 11.5 Å². The van der Waals surface area contributed by atoms with Gasteiger partial charge in [0.05, 0.1) is 12.9 Å². The second-order valence-corrected chi connectivity index (χ2v) is 7.89. The summed E-state index contributed by atoms with van der Waals surface area (Å²) in [6.07, 6.45) is 4.09. The van der Waals surface area contributed by atoms with E-state index in [-0.39, 0.29) is 19.2 Å². The van der Waals surface area contributed by atoms with Gasteiger partial charge in [0.2, 0.25) is 6.79 Å². The van der Waals surface area contributed by atoms with Gasteiger partial charge in [-0.2, -0.15) is 8.42 Å². The second-order valence-electron chi connectivity index (χ2n) is 6.25. The average molecular weight is 380 g/mol. The van der Waals surface area contributed by atoms with Gasteiger partial charge in [-0.1, -0.05) is 5.57 Å². The lowest BCUT2D eigenvalue weighted by Gasteiger charge is -2.13. The van der Waals surface area contributed by atoms with Crippen LogP contribution in [0.15, 0.2) is 17.7 Å². The highest BCUT2D eigenvalue weighted by Crippen LogP contribution is 2.41. The minimum atomic E-state index is -3.54. The van der Waals surface area contributed by atoms with Crippen LogP contribution in [0.4, 0.5) is 0 Å². The first-order valence-electron chi connectivity index (χ1n) is 8.35. The van der Waals surface area contributed by atoms with E-state index in [1.165, 1.54) is 0 Å². The number of hydrogen-bond acceptors (Lipinski definition) is 7. The molecule has 0 N–H and O–H groups in total. The molecule has 0 saturated heterocycles. The van der Waals surface area contributed by atoms with Crippen molar-refractivity contribution in [3.8, 4) is 11.5 Å². The molecule has 3 rings (SSSR count). The minimum Gasteiger partial charge on any atom is -0.454 e. The van der Waals surface area contributed by atoms with Crippen LogP contribution in [-0.2, 0) is 30.3 Å². The van der Waals surface area contributed by atoms with E-state index in [9.17, 15) is 18.0 Å². The number of benzene rings is 1. The highest BCUT2D eigenvalue weighted by atomic mass is 32.2. The Morgan fingerprint density at radius 2 is 1.88 bits per heavy atom. The summed E-state index contributed by atoms with van der Waals surface area (Å²) >= 11 is 0. The van der Waals surface area contributed by atoms with Gasteiger partial charge in [-0.3, -0.25) is 8.98 Å². The molecule has 0 radical (unpaired) electrons. The molecule has 0 atom stereocenters. The first-order chi connectivity index (χ1) is 12.4. The lowest BCUT2D eigenvalue weighted by molar-refractivity contribution is -0.113. The standard InChI is InChI=1S/C18H20O7S/c1-26(21,22)25-8-6-13-9-16-17(24-11-23-16)10-14(13)18-12(3-2-7-19)4-5-15(18)20/h7,9-10H,2-6,8,11H2,1H3. The van der Waals surface area contributed by atoms with Gasteiger partial charge in [-0.15, -0.1) is 0 Å². The molecule has 0 spiro atoms. The van der Waals surface area contributed by atoms with Gasteiger partial charge in [-0.25, -0.2) is 0 Å². The summed E-state index contributed by atoms with van der Waals surface area (Å²) < 4.78 is 38.1. The quantitative estimate of drug-likeness (QED) is 0.503. The number of carbonyl (C=O) groups excluding carboxylic acids is 2. The Balaban J connectivity index is 1.98. The molecule has 0 unspecified atom stereocenters. The summed E-state index contributed by atoms with van der Waals surface area (Å²) in [5.41, 5.74) is 3.02. The molecule has 8 heteroatoms. The Bertz CT molecular complexity index is 868. The molecule has 0 aromatic heterocycles. The third kappa shape index (κ3) is 4.13. The van der Waals surface area contributed by atoms with Crippen molar-refractivity contribution in [2.24, 2.45) is 0 Å². The van der Waals surface area contributed by atoms with Crippen molar-refractivity contribution in [2.75, 3.05) is 19.7 Å². The van der Waals surface area contributed by atoms with Crippen LogP contribution in [0.25, 0.3) is 5.57 Å². The topological polar surface area (TPSA) is 96.0 Å². The molecule has 140 valence electrons. The van der Waals surface area contributed by atoms with Crippen molar-refractivity contribution in [1.29, 1.82) is 0 Å². The first-order valence-corrected chi connectivity index (χ1v) is 10.2. The Morgan fingerprint density at radius 3 is 2.58 bits per heavy atom. The smallest absolute Gasteiger partial charge is 0.264 e. The molecule has 2 aliphatic rings. The maximum atomic E-state index is 12.5. The Kier molecular flexibility index (Phi) is 5.43. The Labute approximate surface area is 152 Å². The van der Waals surface area contributed by atoms with E-state index in [0.29, 0.717) is 54.7 Å². The summed E-state index contributed by atoms with van der Waals surface area (Å²) in [6.45, 7) is 0.0691. The molecule has 0 saturated carbocycles. The summed E-state index contributed by atoms with van der Waals surface area (Å²) in [4.78, 5) is 23.2. The zero-order valence-electron chi connectivity index (χ0n) is 14.4. The maximum absolute atomic E-state index is 12.5. The predicted molar refractivity (Wildman–Crippen MR) is 93.5 cm³/mol. The van der Waals surface area contributed by atoms with Gasteiger partial charge in [0, 0.05) is 18.4 Å². The molecule has 1 aromatic rings. The number of fused-ring (bicyclic) bond motifs is 1. The van der Waals surface area contributed by atoms with Crippen LogP contribution in [0, 0.1) is 0 Å². The number of ether oxygens (including phenoxy) is 2. The number of Topliss-reactive ketones (excluding diaryl/α,β-unsaturated/α-hetero) is 1. The number of ketones is 1. The van der Waals surface area contributed by atoms with Crippen LogP contribution >= 0.6 is 0 Å². The molecule has 7 nitrogen and oxygen atoms in total. The van der Waals surface area contributed by atoms with Crippen molar-refractivity contribution >= 4 is 27.8 Å². The predicted octanol–water partition coefficient (Wildman–Crippen LogP) is 2.03. The van der Waals surface area contributed by atoms with Crippen LogP contribution in [0.1, 0.15) is 36.8 Å². The van der Waals surface area contributed by atoms with Crippen LogP contribution < -0.4 is 9.47 Å². The molecule has 1 aliphatic heterocycles. The number of rotatable bonds is 8. The fraction of sp³-hybridized carbons (Fsp3) is 0.444. The molecule has 1 aromatic carbocycles. The lowest BCUT2D eigenvalue weighted by atomic mass is 9.92. The largest absolute Gasteiger partial charge is 0.454 e. The summed E-state index contributed by atoms with van der Waals surface area (Å²) in [5.74, 6) is 1.13. The molecule has 1 heterocycles. The van der Waals surface area contributed by atoms with Crippen molar-refractivity contribution in [1.82, 2.24) is 0 Å². The van der Waals surface area contributed by atoms with Gasteiger partial charge in [-0.05, 0) is 42.5 Å². The summed E-state index contributed by atoms with van der Waals surface area (Å²) in [5, 5.41) is 0. The first kappa shape index (κ1) is 18.6. The molecular formula is C18H20O7S. The van der Waals surface area contributed by atoms with Gasteiger partial charge in [0.15, 0.2) is 17.3 Å². The molecule has 0 amide bonds. The van der Waals surface area contributed by atoms with Crippen molar-refractivity contribution in [3.05, 3.63) is 28.8 Å². The normalized spacial score (nSPS) is 16.4. The average Bonchev–Trinajstić information content (AvgIpc) is 3.17. The van der Waals surface area contributed by atoms with E-state index < -0.39 is 10.1 Å². The van der Waals surface area contributed by atoms with Gasteiger partial charge in [0.25, 0.3) is 10.1 Å². The lowest BCUT2D eigenvalue weighted by Crippen LogP contribution is -2.08. The van der Waals surface area contributed by atoms with E-state index in [4.69, 9.17) is 13.7 Å². The van der Waals surface area contributed by atoms with E-state index >= 15 is 0 Å². The fourth-order valence-corrected chi connectivity index (χ4v) is 3.65. The highest BCUT2D eigenvalue weighted by molar-refractivity contribution is 7.85. The van der Waals surface area contributed by atoms with E-state index in [2.05, 4.69) is 0 Å². The number of allylic oxidation sites excluding steroid dienone is 2. The minimum absolute atomic E-state index is 0.0232. The van der Waals surface area contributed by atoms with Crippen LogP contribution in [0.2, 0.25) is 0 Å². The molecule has 0 fully saturated rings. The van der Waals surface area contributed by atoms with Crippen molar-refractivity contribution < 1.29 is 31.7 Å². The number of aldehydes is 1. The zero-order chi connectivity index (χ0) is 18.7. The molecule has 0 bridgehead atoms. The van der Waals surface area contributed by atoms with Gasteiger partial charge in [0.1, 0.15) is 6.29 Å². The number of hydrogen-bond donors (Lipinski definition) is 0. The van der Waals surface area contributed by atoms with Crippen LogP contribution in [0.3, 0.4) is 0 Å². The maximum Gasteiger partial charge on any atom is 0.264 e. The van der Waals surface area contributed by atoms with Gasteiger partial charge >= 0.3 is 0 Å². The molecule has 26 heavy (non-hydrogen) atoms. The monoisotopic (exact) mass is 380 g/mol. The van der Waals surface area contributed by atoms with Crippen LogP contribution in [-0.4, -0.2) is 40.1 Å². The Hall–Kier alpha value is -2.19. The zero-order valence-corrected chi connectivity index (χ0v) is 15.3. The highest BCUT2D eigenvalue weighted by Gasteiger charge is 2.28. The molecular weight excluding hydrogens is 360 g/mol. The third-order valence-corrected chi connectivity index (χ3v) is 4.98. The summed E-state index contributed by atoms with van der Waals surface area (Å²) in [7, 11) is -3.54. The summed E-state index contributed by atoms with van der Waals surface area (Å²) in [6, 6.07) is 3.52. The Morgan fingerprint density at radius 1 is 1.15 bits per heavy atom. The van der Waals surface area contributed by atoms with Gasteiger partial charge < -0.3 is 14.3 Å². The SMILES string of the molecule is CS(=O)(=O)OCCc1cc2c(cc1C1=C(CCC=O)CCC1=O)OCO2. The van der Waals surface area contributed by atoms with Crippen molar-refractivity contribution in [2.45, 2.75) is 32.1 Å². The second kappa shape index (κ2) is 7.59. The van der Waals surface area contributed by atoms with E-state index in [1.807, 2.05) is 0 Å². The third-order valence-electron chi connectivity index (χ3n) is 4.39. The number of carbonyl (C=O) groups is 2. The van der Waals surface area contributed by atoms with Crippen molar-refractivity contribution in [3.63, 3.8) is 0 Å². The fourth-order valence-electron chi connectivity index (χ4n) is 3.26.